The monoisotopic (exact) mass is 558 g/mol. The van der Waals surface area contributed by atoms with Crippen molar-refractivity contribution in [2.24, 2.45) is 16.6 Å². The Labute approximate surface area is 197 Å². The first-order valence-corrected chi connectivity index (χ1v) is 9.82. The Hall–Kier alpha value is -1.92. The summed E-state index contributed by atoms with van der Waals surface area (Å²) in [5, 5.41) is 2.83. The number of nitrogens with one attached hydrogen (secondary N) is 1. The van der Waals surface area contributed by atoms with Crippen LogP contribution in [0.4, 0.5) is 23.7 Å². The number of hydrogen-bond donors (Lipinski definition) is 2. The van der Waals surface area contributed by atoms with Gasteiger partial charge in [-0.2, -0.15) is 0 Å². The molecule has 3 N–H and O–H groups in total. The molecule has 0 radical (unpaired) electrons. The van der Waals surface area contributed by atoms with Crippen molar-refractivity contribution in [3.63, 3.8) is 0 Å². The minimum atomic E-state index is -4.73. The summed E-state index contributed by atoms with van der Waals surface area (Å²) in [7, 11) is 0. The number of amides is 1. The van der Waals surface area contributed by atoms with E-state index in [0.717, 1.165) is 19.3 Å². The summed E-state index contributed by atoms with van der Waals surface area (Å²) in [5.74, 6) is 0.163. The van der Waals surface area contributed by atoms with Crippen molar-refractivity contribution in [3.05, 3.63) is 24.3 Å². The molecular formula is C20H30F3IN4O3. The van der Waals surface area contributed by atoms with Crippen LogP contribution in [-0.4, -0.2) is 48.6 Å². The predicted octanol–water partition coefficient (Wildman–Crippen LogP) is 4.97. The van der Waals surface area contributed by atoms with Crippen molar-refractivity contribution in [1.29, 1.82) is 0 Å². The zero-order valence-corrected chi connectivity index (χ0v) is 20.2. The molecule has 11 heteroatoms. The van der Waals surface area contributed by atoms with Gasteiger partial charge < -0.3 is 25.4 Å². The minimum absolute atomic E-state index is 0. The zero-order valence-electron chi connectivity index (χ0n) is 17.9. The Morgan fingerprint density at radius 3 is 2.48 bits per heavy atom. The van der Waals surface area contributed by atoms with Crippen LogP contribution in [0.15, 0.2) is 29.3 Å². The molecule has 2 rings (SSSR count). The average Bonchev–Trinajstić information content (AvgIpc) is 2.61. The number of nitrogens with zero attached hydrogens (tertiary/aromatic N) is 2. The number of benzene rings is 1. The molecule has 1 aliphatic rings. The number of anilines is 1. The van der Waals surface area contributed by atoms with Gasteiger partial charge in [0.25, 0.3) is 0 Å². The maximum Gasteiger partial charge on any atom is 0.573 e. The highest BCUT2D eigenvalue weighted by molar-refractivity contribution is 14.0. The summed E-state index contributed by atoms with van der Waals surface area (Å²) in [5.41, 5.74) is 5.83. The van der Waals surface area contributed by atoms with Crippen LogP contribution in [0.2, 0.25) is 0 Å². The van der Waals surface area contributed by atoms with Crippen molar-refractivity contribution >= 4 is 41.7 Å². The van der Waals surface area contributed by atoms with Gasteiger partial charge in [-0.15, -0.1) is 37.1 Å². The van der Waals surface area contributed by atoms with E-state index in [1.165, 1.54) is 24.3 Å². The van der Waals surface area contributed by atoms with Gasteiger partial charge in [0.2, 0.25) is 0 Å². The predicted molar refractivity (Wildman–Crippen MR) is 124 cm³/mol. The van der Waals surface area contributed by atoms with E-state index in [1.54, 1.807) is 4.90 Å². The number of rotatable bonds is 5. The van der Waals surface area contributed by atoms with Crippen molar-refractivity contribution in [2.75, 3.05) is 25.0 Å². The van der Waals surface area contributed by atoms with Gasteiger partial charge in [-0.05, 0) is 70.2 Å². The van der Waals surface area contributed by atoms with Crippen LogP contribution in [0.3, 0.4) is 0 Å². The van der Waals surface area contributed by atoms with Crippen LogP contribution in [0.25, 0.3) is 0 Å². The van der Waals surface area contributed by atoms with Gasteiger partial charge in [-0.25, -0.2) is 4.79 Å². The number of alkyl halides is 3. The Bertz CT molecular complexity index is 737. The van der Waals surface area contributed by atoms with E-state index in [2.05, 4.69) is 15.0 Å². The smallest absolute Gasteiger partial charge is 0.444 e. The molecular weight excluding hydrogens is 528 g/mol. The van der Waals surface area contributed by atoms with Crippen LogP contribution >= 0.6 is 24.0 Å². The fourth-order valence-electron chi connectivity index (χ4n) is 3.09. The first-order valence-electron chi connectivity index (χ1n) is 9.82. The Morgan fingerprint density at radius 1 is 1.26 bits per heavy atom. The van der Waals surface area contributed by atoms with E-state index in [1.807, 2.05) is 20.8 Å². The molecule has 0 saturated carbocycles. The van der Waals surface area contributed by atoms with Gasteiger partial charge >= 0.3 is 12.5 Å². The van der Waals surface area contributed by atoms with Crippen molar-refractivity contribution in [3.8, 4) is 5.75 Å². The number of likely N-dealkylation sites (tertiary alicyclic amines) is 1. The van der Waals surface area contributed by atoms with E-state index in [4.69, 9.17) is 10.5 Å². The lowest BCUT2D eigenvalue weighted by molar-refractivity contribution is -0.274. The molecule has 1 atom stereocenters. The van der Waals surface area contributed by atoms with E-state index in [9.17, 15) is 18.0 Å². The average molecular weight is 558 g/mol. The summed E-state index contributed by atoms with van der Waals surface area (Å²) >= 11 is 0. The Kier molecular flexibility index (Phi) is 10.2. The molecule has 0 aliphatic carbocycles. The maximum absolute atomic E-state index is 12.2. The van der Waals surface area contributed by atoms with Gasteiger partial charge in [0.1, 0.15) is 11.4 Å². The van der Waals surface area contributed by atoms with Crippen LogP contribution in [0.1, 0.15) is 40.0 Å². The first kappa shape index (κ1) is 27.1. The normalized spacial score (nSPS) is 17.5. The summed E-state index contributed by atoms with van der Waals surface area (Å²) in [6, 6.07) is 5.22. The number of piperidine rings is 1. The molecule has 0 bridgehead atoms. The van der Waals surface area contributed by atoms with E-state index >= 15 is 0 Å². The van der Waals surface area contributed by atoms with E-state index in [-0.39, 0.29) is 41.8 Å². The second kappa shape index (κ2) is 11.6. The molecule has 1 unspecified atom stereocenters. The van der Waals surface area contributed by atoms with Gasteiger partial charge in [0.05, 0.1) is 0 Å². The van der Waals surface area contributed by atoms with Gasteiger partial charge in [-0.3, -0.25) is 4.99 Å². The second-order valence-electron chi connectivity index (χ2n) is 8.19. The lowest BCUT2D eigenvalue weighted by Gasteiger charge is -2.34. The van der Waals surface area contributed by atoms with Crippen LogP contribution in [0, 0.1) is 5.92 Å². The fourth-order valence-corrected chi connectivity index (χ4v) is 3.09. The van der Waals surface area contributed by atoms with E-state index < -0.39 is 12.0 Å². The molecule has 1 fully saturated rings. The number of nitrogens with two attached hydrogens (primary N) is 1. The Balaban J connectivity index is 0.00000480. The number of carbonyl (C=O) groups excluding carboxylic acids is 1. The van der Waals surface area contributed by atoms with E-state index in [0.29, 0.717) is 31.2 Å². The molecule has 31 heavy (non-hydrogen) atoms. The minimum Gasteiger partial charge on any atom is -0.444 e. The second-order valence-corrected chi connectivity index (χ2v) is 8.19. The zero-order chi connectivity index (χ0) is 22.4. The molecule has 1 aliphatic heterocycles. The van der Waals surface area contributed by atoms with Crippen LogP contribution in [0.5, 0.6) is 5.75 Å². The van der Waals surface area contributed by atoms with Crippen LogP contribution in [-0.2, 0) is 4.74 Å². The molecule has 0 spiro atoms. The van der Waals surface area contributed by atoms with Gasteiger partial charge in [-0.1, -0.05) is 0 Å². The largest absolute Gasteiger partial charge is 0.573 e. The molecule has 1 heterocycles. The number of halogens is 4. The summed E-state index contributed by atoms with van der Waals surface area (Å²) in [6.07, 6.45) is -2.35. The topological polar surface area (TPSA) is 89.2 Å². The standard InChI is InChI=1S/C20H29F3N4O3.HI/c1-19(2,3)30-18(28)27-12-4-5-14(13-27)10-11-25-17(24)26-15-6-8-16(9-7-15)29-20(21,22)23;/h6-9,14H,4-5,10-13H2,1-3H3,(H3,24,25,26);1H. The van der Waals surface area contributed by atoms with Gasteiger partial charge in [0, 0.05) is 25.3 Å². The molecule has 0 aromatic heterocycles. The number of guanidine groups is 1. The third kappa shape index (κ3) is 10.8. The summed E-state index contributed by atoms with van der Waals surface area (Å²) in [4.78, 5) is 18.2. The van der Waals surface area contributed by atoms with Crippen molar-refractivity contribution < 1.29 is 27.4 Å². The molecule has 1 amide bonds. The third-order valence-corrected chi connectivity index (χ3v) is 4.35. The number of aliphatic imine (C=N–C) groups is 1. The van der Waals surface area contributed by atoms with Crippen molar-refractivity contribution in [1.82, 2.24) is 4.90 Å². The summed E-state index contributed by atoms with van der Waals surface area (Å²) < 4.78 is 45.8. The van der Waals surface area contributed by atoms with Gasteiger partial charge in [0.15, 0.2) is 5.96 Å². The SMILES string of the molecule is CC(C)(C)OC(=O)N1CCCC(CCN=C(N)Nc2ccc(OC(F)(F)F)cc2)C1.I. The third-order valence-electron chi connectivity index (χ3n) is 4.35. The van der Waals surface area contributed by atoms with Crippen LogP contribution < -0.4 is 15.8 Å². The fraction of sp³-hybridized carbons (Fsp3) is 0.600. The lowest BCUT2D eigenvalue weighted by Crippen LogP contribution is -2.43. The highest BCUT2D eigenvalue weighted by atomic mass is 127. The number of hydrogen-bond acceptors (Lipinski definition) is 4. The lowest BCUT2D eigenvalue weighted by atomic mass is 9.95. The number of carbonyl (C=O) groups is 1. The molecule has 1 aromatic rings. The first-order chi connectivity index (χ1) is 13.9. The highest BCUT2D eigenvalue weighted by Crippen LogP contribution is 2.24. The number of ether oxygens (including phenoxy) is 2. The highest BCUT2D eigenvalue weighted by Gasteiger charge is 2.31. The molecule has 7 nitrogen and oxygen atoms in total. The summed E-state index contributed by atoms with van der Waals surface area (Å²) in [6.45, 7) is 7.31. The van der Waals surface area contributed by atoms with Crippen molar-refractivity contribution in [2.45, 2.75) is 52.0 Å². The molecule has 1 saturated heterocycles. The Morgan fingerprint density at radius 2 is 1.90 bits per heavy atom. The molecule has 1 aromatic carbocycles. The molecule has 176 valence electrons. The maximum atomic E-state index is 12.2. The quantitative estimate of drug-likeness (QED) is 0.303.